The van der Waals surface area contributed by atoms with Gasteiger partial charge < -0.3 is 10.1 Å². The standard InChI is InChI=1S/C14H20F3NO/c1-14(2,4-5-19-3)9-18-8-10-6-11(15)13(17)12(16)7-10/h6-7,18H,4-5,8-9H2,1-3H3. The predicted molar refractivity (Wildman–Crippen MR) is 68.3 cm³/mol. The molecule has 0 spiro atoms. The summed E-state index contributed by atoms with van der Waals surface area (Å²) in [5.41, 5.74) is 0.409. The molecule has 0 saturated heterocycles. The van der Waals surface area contributed by atoms with Crippen LogP contribution < -0.4 is 5.32 Å². The Morgan fingerprint density at radius 2 is 1.74 bits per heavy atom. The summed E-state index contributed by atoms with van der Waals surface area (Å²) in [4.78, 5) is 0. The third-order valence-corrected chi connectivity index (χ3v) is 2.96. The number of hydrogen-bond donors (Lipinski definition) is 1. The van der Waals surface area contributed by atoms with Crippen molar-refractivity contribution in [3.8, 4) is 0 Å². The normalized spacial score (nSPS) is 11.9. The van der Waals surface area contributed by atoms with Gasteiger partial charge in [0.1, 0.15) is 0 Å². The molecule has 0 aliphatic rings. The van der Waals surface area contributed by atoms with Gasteiger partial charge in [-0.25, -0.2) is 13.2 Å². The monoisotopic (exact) mass is 275 g/mol. The zero-order chi connectivity index (χ0) is 14.5. The number of halogens is 3. The van der Waals surface area contributed by atoms with Crippen LogP contribution in [0.25, 0.3) is 0 Å². The Labute approximate surface area is 112 Å². The van der Waals surface area contributed by atoms with E-state index < -0.39 is 17.5 Å². The summed E-state index contributed by atoms with van der Waals surface area (Å²) in [6, 6.07) is 2.02. The number of methoxy groups -OCH3 is 1. The molecule has 0 atom stereocenters. The summed E-state index contributed by atoms with van der Waals surface area (Å²) in [5, 5.41) is 3.11. The maximum atomic E-state index is 13.0. The van der Waals surface area contributed by atoms with E-state index in [1.54, 1.807) is 7.11 Å². The van der Waals surface area contributed by atoms with Gasteiger partial charge in [-0.3, -0.25) is 0 Å². The van der Waals surface area contributed by atoms with Crippen molar-refractivity contribution in [1.29, 1.82) is 0 Å². The van der Waals surface area contributed by atoms with Gasteiger partial charge in [0.2, 0.25) is 0 Å². The highest BCUT2D eigenvalue weighted by Crippen LogP contribution is 2.19. The molecule has 1 rings (SSSR count). The van der Waals surface area contributed by atoms with Crippen LogP contribution in [0.5, 0.6) is 0 Å². The second kappa shape index (κ2) is 6.91. The topological polar surface area (TPSA) is 21.3 Å². The van der Waals surface area contributed by atoms with Crippen molar-refractivity contribution in [3.05, 3.63) is 35.1 Å². The molecule has 108 valence electrons. The van der Waals surface area contributed by atoms with E-state index in [1.807, 2.05) is 0 Å². The molecule has 1 N–H and O–H groups in total. The molecule has 0 heterocycles. The van der Waals surface area contributed by atoms with Gasteiger partial charge in [0.05, 0.1) is 0 Å². The highest BCUT2D eigenvalue weighted by molar-refractivity contribution is 5.19. The number of benzene rings is 1. The van der Waals surface area contributed by atoms with Gasteiger partial charge in [0.25, 0.3) is 0 Å². The van der Waals surface area contributed by atoms with E-state index >= 15 is 0 Å². The Morgan fingerprint density at radius 1 is 1.16 bits per heavy atom. The molecule has 0 radical (unpaired) electrons. The van der Waals surface area contributed by atoms with Crippen LogP contribution in [0.4, 0.5) is 13.2 Å². The Bertz CT molecular complexity index is 398. The molecule has 1 aromatic rings. The molecule has 0 saturated carbocycles. The first-order valence-electron chi connectivity index (χ1n) is 6.19. The second-order valence-corrected chi connectivity index (χ2v) is 5.38. The zero-order valence-electron chi connectivity index (χ0n) is 11.5. The quantitative estimate of drug-likeness (QED) is 0.771. The van der Waals surface area contributed by atoms with E-state index in [-0.39, 0.29) is 5.41 Å². The molecular weight excluding hydrogens is 255 g/mol. The smallest absolute Gasteiger partial charge is 0.194 e. The van der Waals surface area contributed by atoms with Crippen molar-refractivity contribution in [3.63, 3.8) is 0 Å². The highest BCUT2D eigenvalue weighted by atomic mass is 19.2. The fraction of sp³-hybridized carbons (Fsp3) is 0.571. The molecule has 0 unspecified atom stereocenters. The maximum Gasteiger partial charge on any atom is 0.194 e. The van der Waals surface area contributed by atoms with E-state index in [9.17, 15) is 13.2 Å². The van der Waals surface area contributed by atoms with Crippen LogP contribution in [0.15, 0.2) is 12.1 Å². The molecule has 0 aromatic heterocycles. The third-order valence-electron chi connectivity index (χ3n) is 2.96. The molecule has 0 aliphatic heterocycles. The van der Waals surface area contributed by atoms with Crippen molar-refractivity contribution in [1.82, 2.24) is 5.32 Å². The van der Waals surface area contributed by atoms with Gasteiger partial charge in [-0.15, -0.1) is 0 Å². The average Bonchev–Trinajstić information content (AvgIpc) is 2.33. The molecule has 0 bridgehead atoms. The second-order valence-electron chi connectivity index (χ2n) is 5.38. The summed E-state index contributed by atoms with van der Waals surface area (Å²) in [6.45, 7) is 5.78. The van der Waals surface area contributed by atoms with Gasteiger partial charge >= 0.3 is 0 Å². The minimum absolute atomic E-state index is 0.0210. The molecule has 5 heteroatoms. The minimum Gasteiger partial charge on any atom is -0.385 e. The molecular formula is C14H20F3NO. The number of rotatable bonds is 7. The number of nitrogens with one attached hydrogen (secondary N) is 1. The van der Waals surface area contributed by atoms with Gasteiger partial charge in [0, 0.05) is 26.8 Å². The summed E-state index contributed by atoms with van der Waals surface area (Å²) in [7, 11) is 1.65. The van der Waals surface area contributed by atoms with Crippen LogP contribution in [-0.4, -0.2) is 20.3 Å². The van der Waals surface area contributed by atoms with E-state index in [0.717, 1.165) is 18.6 Å². The van der Waals surface area contributed by atoms with Crippen LogP contribution in [0.2, 0.25) is 0 Å². The van der Waals surface area contributed by atoms with Crippen LogP contribution in [-0.2, 0) is 11.3 Å². The van der Waals surface area contributed by atoms with E-state index in [0.29, 0.717) is 25.3 Å². The summed E-state index contributed by atoms with van der Waals surface area (Å²) < 4.78 is 43.8. The first-order chi connectivity index (χ1) is 8.85. The van der Waals surface area contributed by atoms with Crippen LogP contribution >= 0.6 is 0 Å². The fourth-order valence-electron chi connectivity index (χ4n) is 1.72. The molecule has 0 amide bonds. The Balaban J connectivity index is 2.49. The van der Waals surface area contributed by atoms with Crippen molar-refractivity contribution >= 4 is 0 Å². The highest BCUT2D eigenvalue weighted by Gasteiger charge is 2.17. The average molecular weight is 275 g/mol. The molecule has 0 aliphatic carbocycles. The zero-order valence-corrected chi connectivity index (χ0v) is 11.5. The maximum absolute atomic E-state index is 13.0. The van der Waals surface area contributed by atoms with Crippen molar-refractivity contribution in [2.75, 3.05) is 20.3 Å². The molecule has 0 fully saturated rings. The first kappa shape index (κ1) is 16.0. The van der Waals surface area contributed by atoms with Crippen LogP contribution in [0.3, 0.4) is 0 Å². The fourth-order valence-corrected chi connectivity index (χ4v) is 1.72. The van der Waals surface area contributed by atoms with Crippen LogP contribution in [0, 0.1) is 22.9 Å². The van der Waals surface area contributed by atoms with Gasteiger partial charge in [-0.2, -0.15) is 0 Å². The molecule has 1 aromatic carbocycles. The third kappa shape index (κ3) is 5.20. The first-order valence-corrected chi connectivity index (χ1v) is 6.19. The van der Waals surface area contributed by atoms with Crippen molar-refractivity contribution in [2.24, 2.45) is 5.41 Å². The number of ether oxygens (including phenoxy) is 1. The lowest BCUT2D eigenvalue weighted by Crippen LogP contribution is -2.30. The largest absolute Gasteiger partial charge is 0.385 e. The lowest BCUT2D eigenvalue weighted by Gasteiger charge is -2.24. The Kier molecular flexibility index (Phi) is 5.82. The van der Waals surface area contributed by atoms with Crippen LogP contribution in [0.1, 0.15) is 25.8 Å². The van der Waals surface area contributed by atoms with Crippen molar-refractivity contribution < 1.29 is 17.9 Å². The van der Waals surface area contributed by atoms with E-state index in [1.165, 1.54) is 0 Å². The predicted octanol–water partition coefficient (Wildman–Crippen LogP) is 3.26. The minimum atomic E-state index is -1.43. The SMILES string of the molecule is COCCC(C)(C)CNCc1cc(F)c(F)c(F)c1. The van der Waals surface area contributed by atoms with Gasteiger partial charge in [-0.05, 0) is 29.5 Å². The van der Waals surface area contributed by atoms with E-state index in [2.05, 4.69) is 19.2 Å². The van der Waals surface area contributed by atoms with Gasteiger partial charge in [0.15, 0.2) is 17.5 Å². The van der Waals surface area contributed by atoms with Gasteiger partial charge in [-0.1, -0.05) is 13.8 Å². The summed E-state index contributed by atoms with van der Waals surface area (Å²) in [5.74, 6) is -3.74. The summed E-state index contributed by atoms with van der Waals surface area (Å²) in [6.07, 6.45) is 0.878. The number of hydrogen-bond acceptors (Lipinski definition) is 2. The lowest BCUT2D eigenvalue weighted by molar-refractivity contribution is 0.150. The Hall–Kier alpha value is -1.07. The van der Waals surface area contributed by atoms with Crippen molar-refractivity contribution in [2.45, 2.75) is 26.8 Å². The summed E-state index contributed by atoms with van der Waals surface area (Å²) >= 11 is 0. The molecule has 19 heavy (non-hydrogen) atoms. The molecule has 2 nitrogen and oxygen atoms in total. The Morgan fingerprint density at radius 3 is 2.26 bits per heavy atom. The lowest BCUT2D eigenvalue weighted by atomic mass is 9.89. The van der Waals surface area contributed by atoms with E-state index in [4.69, 9.17) is 4.74 Å².